The predicted octanol–water partition coefficient (Wildman–Crippen LogP) is 1.75. The topological polar surface area (TPSA) is 125 Å². The average Bonchev–Trinajstić information content (AvgIpc) is 3.01. The molecule has 1 aliphatic heterocycles. The van der Waals surface area contributed by atoms with Gasteiger partial charge in [-0.3, -0.25) is 9.59 Å². The number of nitrogens with zero attached hydrogens (tertiary/aromatic N) is 1. The fraction of sp³-hybridized carbons (Fsp3) is 0.250. The van der Waals surface area contributed by atoms with Crippen molar-refractivity contribution >= 4 is 39.2 Å². The van der Waals surface area contributed by atoms with Crippen molar-refractivity contribution in [2.75, 3.05) is 16.8 Å². The lowest BCUT2D eigenvalue weighted by Crippen LogP contribution is -2.39. The van der Waals surface area contributed by atoms with Crippen molar-refractivity contribution in [2.24, 2.45) is 0 Å². The van der Waals surface area contributed by atoms with Crippen molar-refractivity contribution in [1.29, 1.82) is 0 Å². The molecule has 1 fully saturated rings. The molecule has 30 heavy (non-hydrogen) atoms. The third-order valence-electron chi connectivity index (χ3n) is 4.51. The number of carbonyl (C=O) groups excluding carboxylic acids is 3. The monoisotopic (exact) mass is 430 g/mol. The van der Waals surface area contributed by atoms with Gasteiger partial charge in [-0.1, -0.05) is 17.7 Å². The van der Waals surface area contributed by atoms with E-state index in [1.54, 1.807) is 4.90 Å². The predicted molar refractivity (Wildman–Crippen MR) is 112 cm³/mol. The Morgan fingerprint density at radius 1 is 1.03 bits per heavy atom. The number of rotatable bonds is 5. The van der Waals surface area contributed by atoms with Crippen LogP contribution in [0.15, 0.2) is 53.4 Å². The molecule has 4 amide bonds. The summed E-state index contributed by atoms with van der Waals surface area (Å²) in [5, 5.41) is 5.36. The second-order valence-electron chi connectivity index (χ2n) is 7.03. The molecule has 3 rings (SSSR count). The molecule has 0 saturated carbocycles. The normalized spacial score (nSPS) is 16.3. The highest BCUT2D eigenvalue weighted by Crippen LogP contribution is 2.22. The van der Waals surface area contributed by atoms with Gasteiger partial charge in [-0.05, 0) is 43.3 Å². The number of hydrogen-bond acceptors (Lipinski definition) is 5. The Hall–Kier alpha value is -3.40. The van der Waals surface area contributed by atoms with E-state index in [9.17, 15) is 22.8 Å². The molecular weight excluding hydrogens is 408 g/mol. The minimum Gasteiger partial charge on any atom is -0.333 e. The molecule has 0 aromatic heterocycles. The van der Waals surface area contributed by atoms with Crippen LogP contribution in [0.5, 0.6) is 0 Å². The molecule has 3 N–H and O–H groups in total. The Morgan fingerprint density at radius 2 is 1.67 bits per heavy atom. The van der Waals surface area contributed by atoms with Crippen LogP contribution in [-0.2, 0) is 19.6 Å². The van der Waals surface area contributed by atoms with Gasteiger partial charge >= 0.3 is 6.03 Å². The molecule has 158 valence electrons. The zero-order valence-corrected chi connectivity index (χ0v) is 17.3. The van der Waals surface area contributed by atoms with Crippen LogP contribution < -0.4 is 20.3 Å². The van der Waals surface area contributed by atoms with Crippen LogP contribution in [0.1, 0.15) is 18.9 Å². The number of sulfonamides is 1. The van der Waals surface area contributed by atoms with Crippen molar-refractivity contribution in [3.05, 3.63) is 54.1 Å². The van der Waals surface area contributed by atoms with Crippen molar-refractivity contribution in [3.63, 3.8) is 0 Å². The fourth-order valence-electron chi connectivity index (χ4n) is 3.10. The summed E-state index contributed by atoms with van der Waals surface area (Å²) in [6.45, 7) is 3.43. The minimum absolute atomic E-state index is 0.0725. The van der Waals surface area contributed by atoms with Gasteiger partial charge in [-0.15, -0.1) is 0 Å². The molecule has 0 unspecified atom stereocenters. The lowest BCUT2D eigenvalue weighted by Gasteiger charge is -2.17. The summed E-state index contributed by atoms with van der Waals surface area (Å²) in [4.78, 5) is 37.1. The van der Waals surface area contributed by atoms with Gasteiger partial charge in [0.15, 0.2) is 0 Å². The van der Waals surface area contributed by atoms with E-state index in [2.05, 4.69) is 10.6 Å². The van der Waals surface area contributed by atoms with Crippen molar-refractivity contribution in [2.45, 2.75) is 31.2 Å². The average molecular weight is 430 g/mol. The number of aryl methyl sites for hydroxylation is 1. The van der Waals surface area contributed by atoms with Gasteiger partial charge < -0.3 is 15.5 Å². The molecule has 1 atom stereocenters. The molecule has 0 aliphatic carbocycles. The molecule has 0 bridgehead atoms. The Labute approximate surface area is 174 Å². The molecule has 1 heterocycles. The van der Waals surface area contributed by atoms with Gasteiger partial charge in [0.05, 0.1) is 10.9 Å². The van der Waals surface area contributed by atoms with E-state index in [0.717, 1.165) is 18.2 Å². The van der Waals surface area contributed by atoms with Gasteiger partial charge in [0.2, 0.25) is 11.8 Å². The first-order chi connectivity index (χ1) is 14.1. The molecule has 10 heteroatoms. The molecule has 2 aromatic carbocycles. The van der Waals surface area contributed by atoms with E-state index >= 15 is 0 Å². The second kappa shape index (κ2) is 8.54. The highest BCUT2D eigenvalue weighted by atomic mass is 32.2. The van der Waals surface area contributed by atoms with Gasteiger partial charge in [-0.2, -0.15) is 0 Å². The van der Waals surface area contributed by atoms with Gasteiger partial charge in [-0.25, -0.2) is 17.9 Å². The second-order valence-corrected chi connectivity index (χ2v) is 8.71. The SMILES string of the molecule is CC(=O)NS(=O)(=O)c1ccc(NC(=O)N[C@@H]2CC(=O)N(c3ccc(C)cc3)C2)cc1. The van der Waals surface area contributed by atoms with Crippen molar-refractivity contribution in [3.8, 4) is 0 Å². The number of anilines is 2. The van der Waals surface area contributed by atoms with Gasteiger partial charge in [0.25, 0.3) is 10.0 Å². The lowest BCUT2D eigenvalue weighted by molar-refractivity contribution is -0.118. The maximum atomic E-state index is 12.3. The van der Waals surface area contributed by atoms with Gasteiger partial charge in [0, 0.05) is 31.3 Å². The van der Waals surface area contributed by atoms with Crippen LogP contribution in [0.4, 0.5) is 16.2 Å². The van der Waals surface area contributed by atoms with Crippen LogP contribution in [-0.4, -0.2) is 38.8 Å². The number of hydrogen-bond donors (Lipinski definition) is 3. The van der Waals surface area contributed by atoms with Crippen LogP contribution in [0, 0.1) is 6.92 Å². The standard InChI is InChI=1S/C20H22N4O5S/c1-13-3-7-17(8-4-13)24-12-16(11-19(24)26)22-20(27)21-15-5-9-18(10-6-15)30(28,29)23-14(2)25/h3-10,16H,11-12H2,1-2H3,(H,23,25)(H2,21,22,27)/t16-/m1/s1. The summed E-state index contributed by atoms with van der Waals surface area (Å²) < 4.78 is 25.7. The number of amides is 4. The lowest BCUT2D eigenvalue weighted by atomic mass is 10.2. The number of carbonyl (C=O) groups is 3. The first-order valence-corrected chi connectivity index (χ1v) is 10.7. The zero-order chi connectivity index (χ0) is 21.9. The summed E-state index contributed by atoms with van der Waals surface area (Å²) in [7, 11) is -3.94. The smallest absolute Gasteiger partial charge is 0.319 e. The van der Waals surface area contributed by atoms with Gasteiger partial charge in [0.1, 0.15) is 0 Å². The maximum absolute atomic E-state index is 12.3. The number of benzene rings is 2. The van der Waals surface area contributed by atoms with E-state index in [0.29, 0.717) is 12.2 Å². The van der Waals surface area contributed by atoms with E-state index < -0.39 is 22.0 Å². The molecule has 0 spiro atoms. The zero-order valence-electron chi connectivity index (χ0n) is 16.5. The summed E-state index contributed by atoms with van der Waals surface area (Å²) in [5.74, 6) is -0.765. The van der Waals surface area contributed by atoms with Crippen LogP contribution in [0.2, 0.25) is 0 Å². The van der Waals surface area contributed by atoms with Crippen LogP contribution in [0.25, 0.3) is 0 Å². The first-order valence-electron chi connectivity index (χ1n) is 9.22. The number of nitrogens with one attached hydrogen (secondary N) is 3. The molecule has 9 nitrogen and oxygen atoms in total. The maximum Gasteiger partial charge on any atom is 0.319 e. The Kier molecular flexibility index (Phi) is 6.06. The van der Waals surface area contributed by atoms with Crippen molar-refractivity contribution in [1.82, 2.24) is 10.0 Å². The summed E-state index contributed by atoms with van der Waals surface area (Å²) in [6.07, 6.45) is 0.190. The quantitative estimate of drug-likeness (QED) is 0.667. The van der Waals surface area contributed by atoms with Crippen LogP contribution in [0.3, 0.4) is 0 Å². The van der Waals surface area contributed by atoms with E-state index in [4.69, 9.17) is 0 Å². The Morgan fingerprint density at radius 3 is 2.27 bits per heavy atom. The third kappa shape index (κ3) is 5.15. The Balaban J connectivity index is 1.57. The Bertz CT molecular complexity index is 1070. The fourth-order valence-corrected chi connectivity index (χ4v) is 4.09. The summed E-state index contributed by atoms with van der Waals surface area (Å²) in [5.41, 5.74) is 2.25. The number of urea groups is 1. The van der Waals surface area contributed by atoms with Crippen LogP contribution >= 0.6 is 0 Å². The highest BCUT2D eigenvalue weighted by molar-refractivity contribution is 7.90. The minimum atomic E-state index is -3.94. The third-order valence-corrected chi connectivity index (χ3v) is 5.96. The first kappa shape index (κ1) is 21.3. The van der Waals surface area contributed by atoms with E-state index in [1.807, 2.05) is 35.9 Å². The summed E-state index contributed by atoms with van der Waals surface area (Å²) in [6, 6.07) is 12.1. The summed E-state index contributed by atoms with van der Waals surface area (Å²) >= 11 is 0. The molecular formula is C20H22N4O5S. The van der Waals surface area contributed by atoms with E-state index in [1.165, 1.54) is 24.3 Å². The van der Waals surface area contributed by atoms with Crippen molar-refractivity contribution < 1.29 is 22.8 Å². The molecule has 2 aromatic rings. The molecule has 0 radical (unpaired) electrons. The molecule has 1 aliphatic rings. The largest absolute Gasteiger partial charge is 0.333 e. The molecule has 1 saturated heterocycles. The highest BCUT2D eigenvalue weighted by Gasteiger charge is 2.31. The van der Waals surface area contributed by atoms with E-state index in [-0.39, 0.29) is 23.3 Å².